The van der Waals surface area contributed by atoms with Crippen molar-refractivity contribution in [2.45, 2.75) is 32.2 Å². The van der Waals surface area contributed by atoms with Crippen molar-refractivity contribution < 1.29 is 14.3 Å². The molecule has 0 aromatic heterocycles. The first kappa shape index (κ1) is 15.8. The van der Waals surface area contributed by atoms with E-state index in [1.54, 1.807) is 0 Å². The number of rotatable bonds is 4. The largest absolute Gasteiger partial charge is 0.381 e. The van der Waals surface area contributed by atoms with Crippen LogP contribution in [-0.2, 0) is 16.0 Å². The maximum Gasteiger partial charge on any atom is 0.315 e. The molecule has 2 heterocycles. The van der Waals surface area contributed by atoms with E-state index in [1.165, 1.54) is 0 Å². The average Bonchev–Trinajstić information content (AvgIpc) is 3.05. The zero-order valence-electron chi connectivity index (χ0n) is 13.4. The Balaban J connectivity index is 1.54. The van der Waals surface area contributed by atoms with Gasteiger partial charge in [-0.25, -0.2) is 4.79 Å². The van der Waals surface area contributed by atoms with E-state index in [9.17, 15) is 9.59 Å². The van der Waals surface area contributed by atoms with E-state index in [2.05, 4.69) is 22.0 Å². The summed E-state index contributed by atoms with van der Waals surface area (Å²) < 4.78 is 5.30. The third-order valence-corrected chi connectivity index (χ3v) is 4.45. The van der Waals surface area contributed by atoms with E-state index >= 15 is 0 Å². The van der Waals surface area contributed by atoms with Crippen molar-refractivity contribution in [1.82, 2.24) is 10.6 Å². The van der Waals surface area contributed by atoms with Crippen LogP contribution >= 0.6 is 0 Å². The molecule has 6 nitrogen and oxygen atoms in total. The molecule has 2 aliphatic rings. The molecule has 124 valence electrons. The Hall–Kier alpha value is -2.08. The lowest BCUT2D eigenvalue weighted by molar-refractivity contribution is -0.116. The van der Waals surface area contributed by atoms with Crippen molar-refractivity contribution in [3.63, 3.8) is 0 Å². The van der Waals surface area contributed by atoms with E-state index in [1.807, 2.05) is 19.1 Å². The lowest BCUT2D eigenvalue weighted by Crippen LogP contribution is -2.39. The second-order valence-corrected chi connectivity index (χ2v) is 6.27. The molecule has 0 bridgehead atoms. The number of carbonyl (C=O) groups excluding carboxylic acids is 2. The van der Waals surface area contributed by atoms with Gasteiger partial charge in [-0.3, -0.25) is 4.79 Å². The molecule has 1 aromatic carbocycles. The summed E-state index contributed by atoms with van der Waals surface area (Å²) >= 11 is 0. The zero-order valence-corrected chi connectivity index (χ0v) is 13.4. The predicted octanol–water partition coefficient (Wildman–Crippen LogP) is 1.97. The van der Waals surface area contributed by atoms with E-state index in [0.717, 1.165) is 42.9 Å². The quantitative estimate of drug-likeness (QED) is 0.794. The summed E-state index contributed by atoms with van der Waals surface area (Å²) in [6.45, 7) is 4.12. The fourth-order valence-corrected chi connectivity index (χ4v) is 2.99. The Morgan fingerprint density at radius 1 is 1.43 bits per heavy atom. The number of amides is 3. The molecule has 0 aliphatic carbocycles. The van der Waals surface area contributed by atoms with Crippen LogP contribution in [0.15, 0.2) is 18.2 Å². The average molecular weight is 317 g/mol. The number of fused-ring (bicyclic) bond motifs is 1. The van der Waals surface area contributed by atoms with Crippen LogP contribution < -0.4 is 16.0 Å². The van der Waals surface area contributed by atoms with Crippen LogP contribution in [0.5, 0.6) is 0 Å². The molecule has 1 aromatic rings. The first-order valence-corrected chi connectivity index (χ1v) is 8.16. The van der Waals surface area contributed by atoms with Gasteiger partial charge in [-0.1, -0.05) is 12.1 Å². The fraction of sp³-hybridized carbons (Fsp3) is 0.529. The fourth-order valence-electron chi connectivity index (χ4n) is 2.99. The summed E-state index contributed by atoms with van der Waals surface area (Å²) in [4.78, 5) is 23.4. The van der Waals surface area contributed by atoms with Gasteiger partial charge in [0.15, 0.2) is 0 Å². The summed E-state index contributed by atoms with van der Waals surface area (Å²) in [5.74, 6) is 0.482. The zero-order chi connectivity index (χ0) is 16.2. The van der Waals surface area contributed by atoms with Gasteiger partial charge in [0.1, 0.15) is 0 Å². The molecular weight excluding hydrogens is 294 g/mol. The molecule has 3 amide bonds. The summed E-state index contributed by atoms with van der Waals surface area (Å²) in [5.41, 5.74) is 3.04. The molecular formula is C17H23N3O3. The van der Waals surface area contributed by atoms with Crippen molar-refractivity contribution in [2.75, 3.05) is 25.1 Å². The molecule has 0 unspecified atom stereocenters. The van der Waals surface area contributed by atoms with Gasteiger partial charge in [0.2, 0.25) is 5.91 Å². The van der Waals surface area contributed by atoms with Crippen molar-refractivity contribution in [1.29, 1.82) is 0 Å². The predicted molar refractivity (Wildman–Crippen MR) is 87.3 cm³/mol. The topological polar surface area (TPSA) is 79.5 Å². The Bertz CT molecular complexity index is 597. The van der Waals surface area contributed by atoms with Crippen LogP contribution in [0.4, 0.5) is 10.5 Å². The number of benzene rings is 1. The summed E-state index contributed by atoms with van der Waals surface area (Å²) in [5, 5.41) is 8.73. The molecule has 0 spiro atoms. The summed E-state index contributed by atoms with van der Waals surface area (Å²) in [7, 11) is 0. The van der Waals surface area contributed by atoms with Crippen molar-refractivity contribution in [2.24, 2.45) is 5.92 Å². The van der Waals surface area contributed by atoms with Crippen molar-refractivity contribution in [3.05, 3.63) is 29.3 Å². The van der Waals surface area contributed by atoms with Gasteiger partial charge in [0.05, 0.1) is 12.6 Å². The van der Waals surface area contributed by atoms with Crippen LogP contribution in [0, 0.1) is 5.92 Å². The van der Waals surface area contributed by atoms with E-state index in [0.29, 0.717) is 18.9 Å². The van der Waals surface area contributed by atoms with Crippen LogP contribution in [0.1, 0.15) is 36.9 Å². The molecule has 3 rings (SSSR count). The molecule has 1 fully saturated rings. The Morgan fingerprint density at radius 2 is 2.30 bits per heavy atom. The maximum atomic E-state index is 12.0. The standard InChI is InChI=1S/C17H23N3O3/c1-11(19-17(22)18-9-12-6-7-23-10-12)13-2-4-15-14(8-13)3-5-16(21)20-15/h2,4,8,11-12H,3,5-7,9-10H2,1H3,(H,20,21)(H2,18,19,22)/t11-,12-/m1/s1. The second-order valence-electron chi connectivity index (χ2n) is 6.27. The lowest BCUT2D eigenvalue weighted by atomic mass is 9.98. The van der Waals surface area contributed by atoms with Gasteiger partial charge in [-0.2, -0.15) is 0 Å². The highest BCUT2D eigenvalue weighted by Gasteiger charge is 2.19. The first-order valence-electron chi connectivity index (χ1n) is 8.16. The molecule has 1 saturated heterocycles. The van der Waals surface area contributed by atoms with Gasteiger partial charge in [0, 0.05) is 31.2 Å². The molecule has 6 heteroatoms. The number of anilines is 1. The summed E-state index contributed by atoms with van der Waals surface area (Å²) in [6.07, 6.45) is 2.27. The van der Waals surface area contributed by atoms with E-state index < -0.39 is 0 Å². The minimum atomic E-state index is -0.157. The number of ether oxygens (including phenoxy) is 1. The monoisotopic (exact) mass is 317 g/mol. The minimum absolute atomic E-state index is 0.0618. The van der Waals surface area contributed by atoms with Gasteiger partial charge in [-0.15, -0.1) is 0 Å². The molecule has 0 saturated carbocycles. The van der Waals surface area contributed by atoms with Crippen LogP contribution in [-0.4, -0.2) is 31.7 Å². The number of nitrogens with one attached hydrogen (secondary N) is 3. The highest BCUT2D eigenvalue weighted by molar-refractivity contribution is 5.93. The van der Waals surface area contributed by atoms with Gasteiger partial charge < -0.3 is 20.7 Å². The molecule has 2 atom stereocenters. The van der Waals surface area contributed by atoms with Crippen LogP contribution in [0.3, 0.4) is 0 Å². The third-order valence-electron chi connectivity index (χ3n) is 4.45. The third kappa shape index (κ3) is 4.01. The Morgan fingerprint density at radius 3 is 3.09 bits per heavy atom. The number of carbonyl (C=O) groups is 2. The normalized spacial score (nSPS) is 21.3. The maximum absolute atomic E-state index is 12.0. The van der Waals surface area contributed by atoms with Crippen LogP contribution in [0.2, 0.25) is 0 Å². The molecule has 2 aliphatic heterocycles. The van der Waals surface area contributed by atoms with Gasteiger partial charge in [-0.05, 0) is 37.0 Å². The minimum Gasteiger partial charge on any atom is -0.381 e. The van der Waals surface area contributed by atoms with Crippen LogP contribution in [0.25, 0.3) is 0 Å². The number of aryl methyl sites for hydroxylation is 1. The molecule has 0 radical (unpaired) electrons. The molecule has 3 N–H and O–H groups in total. The van der Waals surface area contributed by atoms with Gasteiger partial charge >= 0.3 is 6.03 Å². The number of urea groups is 1. The second kappa shape index (κ2) is 7.00. The van der Waals surface area contributed by atoms with Gasteiger partial charge in [0.25, 0.3) is 0 Å². The number of hydrogen-bond acceptors (Lipinski definition) is 3. The van der Waals surface area contributed by atoms with Crippen molar-refractivity contribution in [3.8, 4) is 0 Å². The lowest BCUT2D eigenvalue weighted by Gasteiger charge is -2.21. The smallest absolute Gasteiger partial charge is 0.315 e. The highest BCUT2D eigenvalue weighted by atomic mass is 16.5. The highest BCUT2D eigenvalue weighted by Crippen LogP contribution is 2.26. The Labute approximate surface area is 136 Å². The Kier molecular flexibility index (Phi) is 4.81. The van der Waals surface area contributed by atoms with E-state index in [-0.39, 0.29) is 18.0 Å². The molecule has 23 heavy (non-hydrogen) atoms. The first-order chi connectivity index (χ1) is 11.1. The van der Waals surface area contributed by atoms with E-state index in [4.69, 9.17) is 4.74 Å². The number of hydrogen-bond donors (Lipinski definition) is 3. The summed E-state index contributed by atoms with van der Waals surface area (Å²) in [6, 6.07) is 5.67. The SMILES string of the molecule is C[C@@H](NC(=O)NC[C@H]1CCOC1)c1ccc2c(c1)CCC(=O)N2. The van der Waals surface area contributed by atoms with Crippen molar-refractivity contribution >= 4 is 17.6 Å².